The Morgan fingerprint density at radius 3 is 2.27 bits per heavy atom. The molecule has 1 aliphatic rings. The summed E-state index contributed by atoms with van der Waals surface area (Å²) in [6.45, 7) is 2.18. The summed E-state index contributed by atoms with van der Waals surface area (Å²) in [5, 5.41) is 3.09. The molecule has 0 radical (unpaired) electrons. The fourth-order valence-electron chi connectivity index (χ4n) is 3.45. The molecule has 1 amide bonds. The van der Waals surface area contributed by atoms with Crippen LogP contribution in [0.15, 0.2) is 53.4 Å². The number of methoxy groups -OCH3 is 1. The first-order valence-corrected chi connectivity index (χ1v) is 11.4. The van der Waals surface area contributed by atoms with Gasteiger partial charge in [-0.1, -0.05) is 12.1 Å². The minimum Gasteiger partial charge on any atom is -0.497 e. The summed E-state index contributed by atoms with van der Waals surface area (Å²) in [6.07, 6.45) is 1.91. The van der Waals surface area contributed by atoms with Gasteiger partial charge in [0.1, 0.15) is 5.75 Å². The molecule has 2 aromatic carbocycles. The number of nitrogens with one attached hydrogen (secondary N) is 1. The largest absolute Gasteiger partial charge is 0.497 e. The molecule has 1 N–H and O–H groups in total. The zero-order chi connectivity index (χ0) is 21.7. The van der Waals surface area contributed by atoms with Crippen molar-refractivity contribution in [1.82, 2.24) is 14.5 Å². The van der Waals surface area contributed by atoms with Gasteiger partial charge in [0, 0.05) is 25.2 Å². The number of likely N-dealkylation sites (tertiary alicyclic amines) is 1. The van der Waals surface area contributed by atoms with Crippen LogP contribution < -0.4 is 10.1 Å². The van der Waals surface area contributed by atoms with Gasteiger partial charge < -0.3 is 15.0 Å². The number of benzene rings is 2. The fourth-order valence-corrected chi connectivity index (χ4v) is 4.61. The number of ether oxygens (including phenoxy) is 1. The van der Waals surface area contributed by atoms with Crippen molar-refractivity contribution in [2.45, 2.75) is 30.3 Å². The van der Waals surface area contributed by atoms with Crippen LogP contribution in [0.5, 0.6) is 5.75 Å². The summed E-state index contributed by atoms with van der Waals surface area (Å²) in [7, 11) is 1.55. The van der Waals surface area contributed by atoms with Gasteiger partial charge in [-0.15, -0.1) is 0 Å². The summed E-state index contributed by atoms with van der Waals surface area (Å²) in [5.41, 5.74) is 1.39. The average molecular weight is 432 g/mol. The van der Waals surface area contributed by atoms with Crippen LogP contribution in [-0.2, 0) is 16.6 Å². The molecule has 2 aromatic rings. The molecular formula is C22H29N3O4S. The maximum Gasteiger partial charge on any atom is 0.251 e. The van der Waals surface area contributed by atoms with E-state index < -0.39 is 10.0 Å². The lowest BCUT2D eigenvalue weighted by Gasteiger charge is -2.29. The molecule has 3 rings (SSSR count). The van der Waals surface area contributed by atoms with E-state index in [2.05, 4.69) is 17.3 Å². The monoisotopic (exact) mass is 431 g/mol. The normalized spacial score (nSPS) is 15.9. The molecular weight excluding hydrogens is 402 g/mol. The zero-order valence-corrected chi connectivity index (χ0v) is 18.5. The fraction of sp³-hybridized carbons (Fsp3) is 0.409. The lowest BCUT2D eigenvalue weighted by Crippen LogP contribution is -2.43. The van der Waals surface area contributed by atoms with Crippen molar-refractivity contribution >= 4 is 15.9 Å². The second-order valence-electron chi connectivity index (χ2n) is 7.68. The molecule has 0 spiro atoms. The SMILES string of the molecule is COc1ccc(S(=O)(=O)N(C)Cc2ccc(C(=O)NC3CCN(C)CC3)cc2)cc1. The lowest BCUT2D eigenvalue weighted by atomic mass is 10.0. The van der Waals surface area contributed by atoms with Crippen LogP contribution in [0.1, 0.15) is 28.8 Å². The maximum atomic E-state index is 12.8. The summed E-state index contributed by atoms with van der Waals surface area (Å²) >= 11 is 0. The van der Waals surface area contributed by atoms with E-state index in [1.807, 2.05) is 0 Å². The Kier molecular flexibility index (Phi) is 7.12. The van der Waals surface area contributed by atoms with E-state index in [4.69, 9.17) is 4.74 Å². The van der Waals surface area contributed by atoms with Crippen molar-refractivity contribution in [3.05, 3.63) is 59.7 Å². The van der Waals surface area contributed by atoms with Crippen molar-refractivity contribution in [2.75, 3.05) is 34.3 Å². The van der Waals surface area contributed by atoms with Crippen molar-refractivity contribution in [3.8, 4) is 5.75 Å². The number of piperidine rings is 1. The Labute approximate surface area is 178 Å². The van der Waals surface area contributed by atoms with Crippen LogP contribution in [0.4, 0.5) is 0 Å². The second-order valence-corrected chi connectivity index (χ2v) is 9.73. The molecule has 8 heteroatoms. The third kappa shape index (κ3) is 5.38. The molecule has 1 aliphatic heterocycles. The van der Waals surface area contributed by atoms with E-state index in [1.54, 1.807) is 43.4 Å². The Morgan fingerprint density at radius 2 is 1.70 bits per heavy atom. The van der Waals surface area contributed by atoms with Gasteiger partial charge in [0.05, 0.1) is 12.0 Å². The second kappa shape index (κ2) is 9.59. The summed E-state index contributed by atoms with van der Waals surface area (Å²) in [6, 6.07) is 13.6. The first-order valence-electron chi connectivity index (χ1n) is 9.98. The number of hydrogen-bond acceptors (Lipinski definition) is 5. The van der Waals surface area contributed by atoms with Gasteiger partial charge in [0.25, 0.3) is 5.91 Å². The minimum atomic E-state index is -3.62. The highest BCUT2D eigenvalue weighted by Crippen LogP contribution is 2.20. The molecule has 30 heavy (non-hydrogen) atoms. The average Bonchev–Trinajstić information content (AvgIpc) is 2.75. The highest BCUT2D eigenvalue weighted by atomic mass is 32.2. The number of carbonyl (C=O) groups excluding carboxylic acids is 1. The maximum absolute atomic E-state index is 12.8. The first-order chi connectivity index (χ1) is 14.3. The van der Waals surface area contributed by atoms with Gasteiger partial charge >= 0.3 is 0 Å². The van der Waals surface area contributed by atoms with Crippen LogP contribution in [0, 0.1) is 0 Å². The van der Waals surface area contributed by atoms with E-state index in [1.165, 1.54) is 23.5 Å². The van der Waals surface area contributed by atoms with Crippen LogP contribution >= 0.6 is 0 Å². The number of rotatable bonds is 7. The molecule has 0 bridgehead atoms. The lowest BCUT2D eigenvalue weighted by molar-refractivity contribution is 0.0917. The highest BCUT2D eigenvalue weighted by molar-refractivity contribution is 7.89. The van der Waals surface area contributed by atoms with Crippen LogP contribution in [-0.4, -0.2) is 63.9 Å². The molecule has 162 valence electrons. The first kappa shape index (κ1) is 22.3. The van der Waals surface area contributed by atoms with Crippen molar-refractivity contribution in [3.63, 3.8) is 0 Å². The molecule has 1 fully saturated rings. The molecule has 0 atom stereocenters. The minimum absolute atomic E-state index is 0.0877. The summed E-state index contributed by atoms with van der Waals surface area (Å²) in [5.74, 6) is 0.515. The molecule has 0 aromatic heterocycles. The molecule has 0 unspecified atom stereocenters. The van der Waals surface area contributed by atoms with Gasteiger partial charge in [-0.3, -0.25) is 4.79 Å². The van der Waals surface area contributed by atoms with Gasteiger partial charge in [-0.2, -0.15) is 4.31 Å². The number of amides is 1. The van der Waals surface area contributed by atoms with Gasteiger partial charge in [-0.25, -0.2) is 8.42 Å². The summed E-state index contributed by atoms with van der Waals surface area (Å²) < 4.78 is 31.9. The van der Waals surface area contributed by atoms with E-state index in [0.717, 1.165) is 31.5 Å². The number of nitrogens with zero attached hydrogens (tertiary/aromatic N) is 2. The van der Waals surface area contributed by atoms with E-state index in [9.17, 15) is 13.2 Å². The van der Waals surface area contributed by atoms with Gasteiger partial charge in [0.2, 0.25) is 10.0 Å². The zero-order valence-electron chi connectivity index (χ0n) is 17.7. The third-order valence-electron chi connectivity index (χ3n) is 5.44. The molecule has 7 nitrogen and oxygen atoms in total. The number of hydrogen-bond donors (Lipinski definition) is 1. The van der Waals surface area contributed by atoms with Gasteiger partial charge in [0.15, 0.2) is 0 Å². The predicted molar refractivity (Wildman–Crippen MR) is 116 cm³/mol. The molecule has 1 saturated heterocycles. The smallest absolute Gasteiger partial charge is 0.251 e. The number of carbonyl (C=O) groups is 1. The summed E-state index contributed by atoms with van der Waals surface area (Å²) in [4.78, 5) is 14.9. The Balaban J connectivity index is 1.60. The Morgan fingerprint density at radius 1 is 1.10 bits per heavy atom. The Bertz CT molecular complexity index is 951. The standard InChI is InChI=1S/C22H29N3O4S/c1-24-14-12-19(13-15-24)23-22(26)18-6-4-17(5-7-18)16-25(2)30(27,28)21-10-8-20(29-3)9-11-21/h4-11,19H,12-16H2,1-3H3,(H,23,26). The predicted octanol–water partition coefficient (Wildman–Crippen LogP) is 2.34. The van der Waals surface area contributed by atoms with Crippen molar-refractivity contribution in [2.24, 2.45) is 0 Å². The van der Waals surface area contributed by atoms with Crippen LogP contribution in [0.2, 0.25) is 0 Å². The van der Waals surface area contributed by atoms with Gasteiger partial charge in [-0.05, 0) is 74.9 Å². The molecule has 1 heterocycles. The Hall–Kier alpha value is -2.42. The van der Waals surface area contributed by atoms with E-state index in [0.29, 0.717) is 11.3 Å². The van der Waals surface area contributed by atoms with Crippen LogP contribution in [0.25, 0.3) is 0 Å². The van der Waals surface area contributed by atoms with Crippen LogP contribution in [0.3, 0.4) is 0 Å². The van der Waals surface area contributed by atoms with E-state index in [-0.39, 0.29) is 23.4 Å². The van der Waals surface area contributed by atoms with E-state index >= 15 is 0 Å². The quantitative estimate of drug-likeness (QED) is 0.728. The van der Waals surface area contributed by atoms with Crippen molar-refractivity contribution in [1.29, 1.82) is 0 Å². The molecule has 0 aliphatic carbocycles. The van der Waals surface area contributed by atoms with Crippen molar-refractivity contribution < 1.29 is 17.9 Å². The number of sulfonamides is 1. The highest BCUT2D eigenvalue weighted by Gasteiger charge is 2.22. The topological polar surface area (TPSA) is 79.0 Å². The third-order valence-corrected chi connectivity index (χ3v) is 7.26. The molecule has 0 saturated carbocycles.